The van der Waals surface area contributed by atoms with Crippen LogP contribution in [0, 0.1) is 11.3 Å². The number of anilines is 2. The fourth-order valence-electron chi connectivity index (χ4n) is 2.64. The van der Waals surface area contributed by atoms with E-state index in [1.54, 1.807) is 10.6 Å². The summed E-state index contributed by atoms with van der Waals surface area (Å²) in [6, 6.07) is 9.62. The van der Waals surface area contributed by atoms with Crippen LogP contribution in [0.5, 0.6) is 0 Å². The molecule has 2 aromatic heterocycles. The highest BCUT2D eigenvalue weighted by molar-refractivity contribution is 6.35. The summed E-state index contributed by atoms with van der Waals surface area (Å²) in [4.78, 5) is 4.61. The van der Waals surface area contributed by atoms with Gasteiger partial charge in [-0.15, -0.1) is 0 Å². The van der Waals surface area contributed by atoms with Gasteiger partial charge in [0, 0.05) is 18.7 Å². The second-order valence-electron chi connectivity index (χ2n) is 5.58. The number of aryl methyl sites for hydroxylation is 1. The lowest BCUT2D eigenvalue weighted by molar-refractivity contribution is 0.924. The van der Waals surface area contributed by atoms with Gasteiger partial charge in [0.15, 0.2) is 17.3 Å². The zero-order chi connectivity index (χ0) is 17.8. The third kappa shape index (κ3) is 3.37. The lowest BCUT2D eigenvalue weighted by Crippen LogP contribution is -2.10. The molecule has 2 N–H and O–H groups in total. The molecule has 0 fully saturated rings. The Kier molecular flexibility index (Phi) is 5.05. The van der Waals surface area contributed by atoms with Crippen LogP contribution in [-0.2, 0) is 13.0 Å². The Hall–Kier alpha value is -2.78. The summed E-state index contributed by atoms with van der Waals surface area (Å²) in [5.74, 6) is 1.32. The summed E-state index contributed by atoms with van der Waals surface area (Å²) in [6.07, 6.45) is 2.66. The van der Waals surface area contributed by atoms with E-state index >= 15 is 0 Å². The summed E-state index contributed by atoms with van der Waals surface area (Å²) < 4.78 is 1.73. The molecule has 0 aliphatic heterocycles. The number of benzene rings is 1. The summed E-state index contributed by atoms with van der Waals surface area (Å²) in [6.45, 7) is 5.32. The first-order chi connectivity index (χ1) is 12.2. The van der Waals surface area contributed by atoms with E-state index in [2.05, 4.69) is 33.7 Å². The van der Waals surface area contributed by atoms with Crippen molar-refractivity contribution in [3.05, 3.63) is 52.2 Å². The van der Waals surface area contributed by atoms with Gasteiger partial charge in [0.25, 0.3) is 0 Å². The van der Waals surface area contributed by atoms with Crippen molar-refractivity contribution in [1.82, 2.24) is 14.6 Å². The molecule has 0 amide bonds. The van der Waals surface area contributed by atoms with E-state index in [1.165, 1.54) is 0 Å². The van der Waals surface area contributed by atoms with Crippen LogP contribution in [0.25, 0.3) is 5.65 Å². The largest absolute Gasteiger partial charge is 0.369 e. The summed E-state index contributed by atoms with van der Waals surface area (Å²) in [7, 11) is 0. The minimum absolute atomic E-state index is 0.497. The number of aromatic nitrogens is 3. The first kappa shape index (κ1) is 17.1. The zero-order valence-corrected chi connectivity index (χ0v) is 14.9. The van der Waals surface area contributed by atoms with Crippen molar-refractivity contribution >= 4 is 28.9 Å². The first-order valence-corrected chi connectivity index (χ1v) is 8.58. The van der Waals surface area contributed by atoms with E-state index in [1.807, 2.05) is 31.3 Å². The van der Waals surface area contributed by atoms with Crippen LogP contribution >= 0.6 is 11.6 Å². The average molecular weight is 355 g/mol. The molecule has 0 atom stereocenters. The minimum atomic E-state index is 0.497. The van der Waals surface area contributed by atoms with Gasteiger partial charge in [0.2, 0.25) is 0 Å². The van der Waals surface area contributed by atoms with Crippen molar-refractivity contribution in [2.24, 2.45) is 0 Å². The Morgan fingerprint density at radius 3 is 2.84 bits per heavy atom. The Morgan fingerprint density at radius 1 is 1.28 bits per heavy atom. The van der Waals surface area contributed by atoms with E-state index < -0.39 is 0 Å². The van der Waals surface area contributed by atoms with Crippen molar-refractivity contribution in [3.8, 4) is 6.07 Å². The maximum absolute atomic E-state index is 9.04. The maximum atomic E-state index is 9.04. The maximum Gasteiger partial charge on any atom is 0.162 e. The molecule has 0 bridgehead atoms. The van der Waals surface area contributed by atoms with E-state index in [-0.39, 0.29) is 0 Å². The van der Waals surface area contributed by atoms with Crippen LogP contribution in [0.2, 0.25) is 5.02 Å². The summed E-state index contributed by atoms with van der Waals surface area (Å²) in [5, 5.41) is 20.5. The van der Waals surface area contributed by atoms with Crippen LogP contribution in [0.4, 0.5) is 11.6 Å². The minimum Gasteiger partial charge on any atom is -0.369 e. The zero-order valence-electron chi connectivity index (χ0n) is 14.2. The second kappa shape index (κ2) is 7.41. The van der Waals surface area contributed by atoms with E-state index in [0.717, 1.165) is 29.7 Å². The van der Waals surface area contributed by atoms with E-state index in [4.69, 9.17) is 16.9 Å². The van der Waals surface area contributed by atoms with Crippen LogP contribution in [0.1, 0.15) is 30.5 Å². The number of hydrogen-bond acceptors (Lipinski definition) is 5. The third-order valence-corrected chi connectivity index (χ3v) is 4.26. The van der Waals surface area contributed by atoms with Gasteiger partial charge in [-0.05, 0) is 31.0 Å². The van der Waals surface area contributed by atoms with Crippen molar-refractivity contribution in [2.45, 2.75) is 26.8 Å². The fourth-order valence-corrected chi connectivity index (χ4v) is 2.90. The molecule has 0 unspecified atom stereocenters. The molecule has 128 valence electrons. The lowest BCUT2D eigenvalue weighted by atomic mass is 10.1. The molecule has 6 nitrogen and oxygen atoms in total. The molecule has 1 aromatic carbocycles. The van der Waals surface area contributed by atoms with Crippen LogP contribution in [0.15, 0.2) is 30.5 Å². The number of rotatable bonds is 6. The molecule has 2 heterocycles. The Labute approximate surface area is 151 Å². The predicted molar refractivity (Wildman–Crippen MR) is 100 cm³/mol. The number of nitrogens with one attached hydrogen (secondary N) is 2. The number of fused-ring (bicyclic) bond motifs is 1. The van der Waals surface area contributed by atoms with Gasteiger partial charge in [-0.25, -0.2) is 4.98 Å². The summed E-state index contributed by atoms with van der Waals surface area (Å²) in [5.41, 5.74) is 3.47. The highest BCUT2D eigenvalue weighted by Gasteiger charge is 2.16. The monoisotopic (exact) mass is 354 g/mol. The number of halogens is 1. The van der Waals surface area contributed by atoms with Gasteiger partial charge >= 0.3 is 0 Å². The molecular weight excluding hydrogens is 336 g/mol. The van der Waals surface area contributed by atoms with Gasteiger partial charge in [0.05, 0.1) is 17.8 Å². The molecule has 25 heavy (non-hydrogen) atoms. The van der Waals surface area contributed by atoms with Gasteiger partial charge in [-0.3, -0.25) is 0 Å². The average Bonchev–Trinajstić information content (AvgIpc) is 3.04. The molecule has 3 rings (SSSR count). The fraction of sp³-hybridized carbons (Fsp3) is 0.278. The van der Waals surface area contributed by atoms with Gasteiger partial charge < -0.3 is 10.6 Å². The number of hydrogen-bond donors (Lipinski definition) is 2. The van der Waals surface area contributed by atoms with Crippen LogP contribution in [0.3, 0.4) is 0 Å². The standard InChI is InChI=1S/C18H19ClN6/c1-3-14-11-23-25-17(14)24-16(21-4-2)15(19)18(25)22-10-13-7-5-6-12(8-13)9-20/h5-8,11,22H,3-4,10H2,1-2H3,(H,21,24). The number of nitrogens with zero attached hydrogens (tertiary/aromatic N) is 4. The highest BCUT2D eigenvalue weighted by atomic mass is 35.5. The molecule has 3 aromatic rings. The highest BCUT2D eigenvalue weighted by Crippen LogP contribution is 2.31. The normalized spacial score (nSPS) is 10.6. The molecule has 0 saturated heterocycles. The quantitative estimate of drug-likeness (QED) is 0.702. The van der Waals surface area contributed by atoms with Crippen molar-refractivity contribution in [3.63, 3.8) is 0 Å². The molecular formula is C18H19ClN6. The van der Waals surface area contributed by atoms with Gasteiger partial charge in [0.1, 0.15) is 5.02 Å². The molecule has 0 saturated carbocycles. The van der Waals surface area contributed by atoms with Crippen LogP contribution in [-0.4, -0.2) is 21.1 Å². The van der Waals surface area contributed by atoms with Crippen molar-refractivity contribution in [2.75, 3.05) is 17.2 Å². The lowest BCUT2D eigenvalue weighted by Gasteiger charge is -2.14. The Bertz CT molecular complexity index is 941. The summed E-state index contributed by atoms with van der Waals surface area (Å²) >= 11 is 6.54. The molecule has 7 heteroatoms. The van der Waals surface area contributed by atoms with E-state index in [9.17, 15) is 0 Å². The first-order valence-electron chi connectivity index (χ1n) is 8.20. The topological polar surface area (TPSA) is 78.0 Å². The number of nitriles is 1. The predicted octanol–water partition coefficient (Wildman–Crippen LogP) is 3.86. The third-order valence-electron chi connectivity index (χ3n) is 3.90. The van der Waals surface area contributed by atoms with E-state index in [0.29, 0.717) is 28.8 Å². The van der Waals surface area contributed by atoms with Gasteiger partial charge in [-0.2, -0.15) is 14.9 Å². The molecule has 0 spiro atoms. The molecule has 0 radical (unpaired) electrons. The Balaban J connectivity index is 2.00. The molecule has 0 aliphatic carbocycles. The van der Waals surface area contributed by atoms with Gasteiger partial charge in [-0.1, -0.05) is 30.7 Å². The van der Waals surface area contributed by atoms with Crippen molar-refractivity contribution < 1.29 is 0 Å². The smallest absolute Gasteiger partial charge is 0.162 e. The molecule has 0 aliphatic rings. The van der Waals surface area contributed by atoms with Crippen molar-refractivity contribution in [1.29, 1.82) is 5.26 Å². The SMILES string of the molecule is CCNc1nc2c(CC)cnn2c(NCc2cccc(C#N)c2)c1Cl. The van der Waals surface area contributed by atoms with Crippen LogP contribution < -0.4 is 10.6 Å². The second-order valence-corrected chi connectivity index (χ2v) is 5.96. The Morgan fingerprint density at radius 2 is 2.12 bits per heavy atom.